The summed E-state index contributed by atoms with van der Waals surface area (Å²) < 4.78 is 42.5. The van der Waals surface area contributed by atoms with Gasteiger partial charge in [-0.3, -0.25) is 0 Å². The third-order valence-electron chi connectivity index (χ3n) is 3.07. The zero-order chi connectivity index (χ0) is 16.8. The summed E-state index contributed by atoms with van der Waals surface area (Å²) >= 11 is 1.34. The molecule has 0 atom stereocenters. The van der Waals surface area contributed by atoms with Crippen LogP contribution >= 0.6 is 11.3 Å². The van der Waals surface area contributed by atoms with Gasteiger partial charge in [0.15, 0.2) is 5.82 Å². The molecule has 120 valence electrons. The van der Waals surface area contributed by atoms with Crippen molar-refractivity contribution in [1.29, 1.82) is 0 Å². The highest BCUT2D eigenvalue weighted by Gasteiger charge is 2.19. The summed E-state index contributed by atoms with van der Waals surface area (Å²) in [6.07, 6.45) is 1.16. The van der Waals surface area contributed by atoms with Crippen molar-refractivity contribution in [2.24, 2.45) is 5.14 Å². The summed E-state index contributed by atoms with van der Waals surface area (Å²) in [4.78, 5) is 15.5. The zero-order valence-corrected chi connectivity index (χ0v) is 13.3. The van der Waals surface area contributed by atoms with Gasteiger partial charge < -0.3 is 4.42 Å². The Morgan fingerprint density at radius 1 is 1.39 bits per heavy atom. The number of primary sulfonamides is 1. The molecule has 0 fully saturated rings. The van der Waals surface area contributed by atoms with Crippen molar-refractivity contribution >= 4 is 21.4 Å². The van der Waals surface area contributed by atoms with Crippen LogP contribution in [-0.2, 0) is 10.0 Å². The van der Waals surface area contributed by atoms with Gasteiger partial charge in [-0.1, -0.05) is 6.07 Å². The molecular formula is C13H10FN3O4S2. The molecular weight excluding hydrogens is 345 g/mol. The first-order chi connectivity index (χ1) is 10.8. The molecule has 0 unspecified atom stereocenters. The Morgan fingerprint density at radius 3 is 2.70 bits per heavy atom. The molecule has 0 amide bonds. The van der Waals surface area contributed by atoms with Crippen molar-refractivity contribution in [2.45, 2.75) is 11.8 Å². The SMILES string of the molecule is Cc1nc(-n2c(-c3ccc(S(N)(=O)=O)c(F)c3)coc2=O)cs1. The number of nitrogens with two attached hydrogens (primary N) is 1. The van der Waals surface area contributed by atoms with Gasteiger partial charge >= 0.3 is 5.76 Å². The van der Waals surface area contributed by atoms with Crippen molar-refractivity contribution in [3.63, 3.8) is 0 Å². The normalized spacial score (nSPS) is 11.8. The molecule has 0 aliphatic carbocycles. The van der Waals surface area contributed by atoms with Crippen LogP contribution in [0.3, 0.4) is 0 Å². The molecule has 0 saturated heterocycles. The second-order valence-corrected chi connectivity index (χ2v) is 7.23. The zero-order valence-electron chi connectivity index (χ0n) is 11.7. The van der Waals surface area contributed by atoms with Crippen LogP contribution in [0.25, 0.3) is 17.1 Å². The lowest BCUT2D eigenvalue weighted by Gasteiger charge is -2.05. The average Bonchev–Trinajstić information content (AvgIpc) is 3.03. The van der Waals surface area contributed by atoms with E-state index in [0.717, 1.165) is 23.4 Å². The quantitative estimate of drug-likeness (QED) is 0.768. The van der Waals surface area contributed by atoms with Crippen LogP contribution < -0.4 is 10.9 Å². The fourth-order valence-electron chi connectivity index (χ4n) is 2.07. The number of aryl methyl sites for hydroxylation is 1. The van der Waals surface area contributed by atoms with Crippen LogP contribution in [0.4, 0.5) is 4.39 Å². The van der Waals surface area contributed by atoms with E-state index in [4.69, 9.17) is 9.56 Å². The first-order valence-corrected chi connectivity index (χ1v) is 8.66. The monoisotopic (exact) mass is 355 g/mol. The molecule has 7 nitrogen and oxygen atoms in total. The molecule has 0 aliphatic heterocycles. The minimum Gasteiger partial charge on any atom is -0.415 e. The van der Waals surface area contributed by atoms with Crippen LogP contribution in [0, 0.1) is 12.7 Å². The van der Waals surface area contributed by atoms with E-state index in [-0.39, 0.29) is 11.3 Å². The topological polar surface area (TPSA) is 108 Å². The Morgan fingerprint density at radius 2 is 2.13 bits per heavy atom. The highest BCUT2D eigenvalue weighted by Crippen LogP contribution is 2.25. The Kier molecular flexibility index (Phi) is 3.66. The number of oxazole rings is 1. The standard InChI is InChI=1S/C13H10FN3O4S2/c1-7-16-12(6-22-7)17-10(5-21-13(17)18)8-2-3-11(9(14)4-8)23(15,19)20/h2-6H,1H3,(H2,15,19,20). The molecule has 0 bridgehead atoms. The van der Waals surface area contributed by atoms with E-state index >= 15 is 0 Å². The maximum atomic E-state index is 14.0. The predicted octanol–water partition coefficient (Wildman–Crippen LogP) is 1.65. The predicted molar refractivity (Wildman–Crippen MR) is 81.5 cm³/mol. The maximum absolute atomic E-state index is 14.0. The van der Waals surface area contributed by atoms with Gasteiger partial charge in [-0.2, -0.15) is 0 Å². The van der Waals surface area contributed by atoms with Crippen molar-refractivity contribution in [2.75, 3.05) is 0 Å². The van der Waals surface area contributed by atoms with E-state index in [9.17, 15) is 17.6 Å². The largest absolute Gasteiger partial charge is 0.425 e. The molecule has 1 aromatic carbocycles. The average molecular weight is 355 g/mol. The highest BCUT2D eigenvalue weighted by molar-refractivity contribution is 7.89. The summed E-state index contributed by atoms with van der Waals surface area (Å²) in [5, 5.41) is 7.33. The summed E-state index contributed by atoms with van der Waals surface area (Å²) in [7, 11) is -4.16. The van der Waals surface area contributed by atoms with Crippen molar-refractivity contribution < 1.29 is 17.2 Å². The summed E-state index contributed by atoms with van der Waals surface area (Å²) in [5.41, 5.74) is 0.506. The van der Waals surface area contributed by atoms with E-state index in [0.29, 0.717) is 5.82 Å². The summed E-state index contributed by atoms with van der Waals surface area (Å²) in [5.74, 6) is -1.35. The molecule has 2 heterocycles. The lowest BCUT2D eigenvalue weighted by molar-refractivity contribution is 0.503. The van der Waals surface area contributed by atoms with Gasteiger partial charge in [-0.15, -0.1) is 11.3 Å². The van der Waals surface area contributed by atoms with Crippen LogP contribution in [0.1, 0.15) is 5.01 Å². The molecule has 10 heteroatoms. The van der Waals surface area contributed by atoms with E-state index in [1.54, 1.807) is 12.3 Å². The van der Waals surface area contributed by atoms with E-state index in [1.807, 2.05) is 0 Å². The van der Waals surface area contributed by atoms with Gasteiger partial charge in [0.25, 0.3) is 0 Å². The van der Waals surface area contributed by atoms with E-state index < -0.39 is 26.5 Å². The van der Waals surface area contributed by atoms with Crippen molar-refractivity contribution in [1.82, 2.24) is 9.55 Å². The second kappa shape index (κ2) is 5.41. The third kappa shape index (κ3) is 2.83. The van der Waals surface area contributed by atoms with E-state index in [2.05, 4.69) is 4.98 Å². The van der Waals surface area contributed by atoms with Crippen molar-refractivity contribution in [3.8, 4) is 17.1 Å². The molecule has 0 aliphatic rings. The number of nitrogens with zero attached hydrogens (tertiary/aromatic N) is 2. The first kappa shape index (κ1) is 15.6. The summed E-state index contributed by atoms with van der Waals surface area (Å²) in [6.45, 7) is 1.78. The van der Waals surface area contributed by atoms with Gasteiger partial charge in [0.1, 0.15) is 17.0 Å². The maximum Gasteiger partial charge on any atom is 0.425 e. The van der Waals surface area contributed by atoms with Gasteiger partial charge in [0, 0.05) is 10.9 Å². The number of hydrogen-bond donors (Lipinski definition) is 1. The number of halogens is 1. The Balaban J connectivity index is 2.18. The molecule has 0 radical (unpaired) electrons. The van der Waals surface area contributed by atoms with Gasteiger partial charge in [0.05, 0.1) is 10.7 Å². The lowest BCUT2D eigenvalue weighted by Crippen LogP contribution is -2.15. The molecule has 2 N–H and O–H groups in total. The van der Waals surface area contributed by atoms with E-state index in [1.165, 1.54) is 22.0 Å². The Hall–Kier alpha value is -2.30. The summed E-state index contributed by atoms with van der Waals surface area (Å²) in [6, 6.07) is 3.34. The number of sulfonamides is 1. The van der Waals surface area contributed by atoms with Crippen LogP contribution in [0.15, 0.2) is 43.9 Å². The van der Waals surface area contributed by atoms with Crippen LogP contribution in [0.5, 0.6) is 0 Å². The first-order valence-electron chi connectivity index (χ1n) is 6.23. The number of rotatable bonds is 3. The Bertz CT molecular complexity index is 1050. The highest BCUT2D eigenvalue weighted by atomic mass is 32.2. The number of benzene rings is 1. The van der Waals surface area contributed by atoms with Crippen LogP contribution in [0.2, 0.25) is 0 Å². The Labute approximate surface area is 133 Å². The van der Waals surface area contributed by atoms with Gasteiger partial charge in [0.2, 0.25) is 10.0 Å². The van der Waals surface area contributed by atoms with Gasteiger partial charge in [-0.05, 0) is 19.1 Å². The number of aromatic nitrogens is 2. The lowest BCUT2D eigenvalue weighted by atomic mass is 10.1. The fraction of sp³-hybridized carbons (Fsp3) is 0.0769. The minimum atomic E-state index is -4.16. The second-order valence-electron chi connectivity index (χ2n) is 4.64. The number of hydrogen-bond acceptors (Lipinski definition) is 6. The van der Waals surface area contributed by atoms with Crippen LogP contribution in [-0.4, -0.2) is 18.0 Å². The fourth-order valence-corrected chi connectivity index (χ4v) is 3.24. The molecule has 3 rings (SSSR count). The molecule has 23 heavy (non-hydrogen) atoms. The number of thiazole rings is 1. The molecule has 3 aromatic rings. The molecule has 0 saturated carbocycles. The molecule has 0 spiro atoms. The third-order valence-corrected chi connectivity index (χ3v) is 4.77. The molecule has 2 aromatic heterocycles. The minimum absolute atomic E-state index is 0.250. The van der Waals surface area contributed by atoms with Crippen molar-refractivity contribution in [3.05, 3.63) is 51.2 Å². The smallest absolute Gasteiger partial charge is 0.415 e. The van der Waals surface area contributed by atoms with Gasteiger partial charge in [-0.25, -0.2) is 32.3 Å².